The summed E-state index contributed by atoms with van der Waals surface area (Å²) in [5, 5.41) is 0.174. The summed E-state index contributed by atoms with van der Waals surface area (Å²) < 4.78 is 40.5. The molecule has 1 amide bonds. The zero-order valence-electron chi connectivity index (χ0n) is 12.5. The van der Waals surface area contributed by atoms with E-state index in [-0.39, 0.29) is 41.9 Å². The number of pyridine rings is 1. The first-order valence-electron chi connectivity index (χ1n) is 7.22. The van der Waals surface area contributed by atoms with Gasteiger partial charge in [-0.15, -0.1) is 0 Å². The Balaban J connectivity index is 1.70. The third-order valence-corrected chi connectivity index (χ3v) is 3.99. The van der Waals surface area contributed by atoms with E-state index in [0.717, 1.165) is 18.2 Å². The van der Waals surface area contributed by atoms with Gasteiger partial charge in [-0.25, -0.2) is 18.2 Å². The number of rotatable bonds is 3. The largest absolute Gasteiger partial charge is 0.343 e. The van der Waals surface area contributed by atoms with Crippen molar-refractivity contribution in [2.75, 3.05) is 24.5 Å². The molecule has 4 nitrogen and oxygen atoms in total. The molecule has 1 aromatic heterocycles. The molecule has 1 saturated heterocycles. The van der Waals surface area contributed by atoms with Crippen molar-refractivity contribution in [1.29, 1.82) is 0 Å². The van der Waals surface area contributed by atoms with Gasteiger partial charge in [-0.2, -0.15) is 0 Å². The number of aromatic nitrogens is 1. The molecule has 2 aromatic rings. The molecule has 126 valence electrons. The van der Waals surface area contributed by atoms with E-state index in [1.54, 1.807) is 0 Å². The van der Waals surface area contributed by atoms with Gasteiger partial charge >= 0.3 is 0 Å². The molecule has 3 rings (SSSR count). The maximum absolute atomic E-state index is 13.9. The van der Waals surface area contributed by atoms with Gasteiger partial charge in [0.2, 0.25) is 5.91 Å². The standard InChI is InChI=1S/C16H13ClF3N3O/c17-11-5-14(20)16(21-7-11)23-4-3-22(15(24)9-23)8-10-1-2-12(18)6-13(10)19/h1-2,5-7H,3-4,8-9H2. The molecule has 1 aliphatic heterocycles. The van der Waals surface area contributed by atoms with Crippen molar-refractivity contribution in [3.8, 4) is 0 Å². The first kappa shape index (κ1) is 16.6. The Labute approximate surface area is 141 Å². The van der Waals surface area contributed by atoms with Crippen LogP contribution in [0.25, 0.3) is 0 Å². The first-order chi connectivity index (χ1) is 11.4. The summed E-state index contributed by atoms with van der Waals surface area (Å²) in [6, 6.07) is 4.37. The van der Waals surface area contributed by atoms with Crippen molar-refractivity contribution < 1.29 is 18.0 Å². The molecule has 0 unspecified atom stereocenters. The smallest absolute Gasteiger partial charge is 0.242 e. The molecule has 2 heterocycles. The summed E-state index contributed by atoms with van der Waals surface area (Å²) in [4.78, 5) is 19.1. The average Bonchev–Trinajstić information content (AvgIpc) is 2.52. The Hall–Kier alpha value is -2.28. The van der Waals surface area contributed by atoms with Gasteiger partial charge in [0, 0.05) is 37.5 Å². The molecule has 1 aromatic carbocycles. The lowest BCUT2D eigenvalue weighted by atomic mass is 10.1. The van der Waals surface area contributed by atoms with Crippen LogP contribution < -0.4 is 4.90 Å². The van der Waals surface area contributed by atoms with Crippen LogP contribution in [0.2, 0.25) is 5.02 Å². The number of nitrogens with zero attached hydrogens (tertiary/aromatic N) is 3. The number of amides is 1. The average molecular weight is 356 g/mol. The Morgan fingerprint density at radius 3 is 2.58 bits per heavy atom. The highest BCUT2D eigenvalue weighted by atomic mass is 35.5. The second-order valence-electron chi connectivity index (χ2n) is 5.43. The van der Waals surface area contributed by atoms with Crippen LogP contribution in [0.3, 0.4) is 0 Å². The van der Waals surface area contributed by atoms with E-state index in [2.05, 4.69) is 4.98 Å². The highest BCUT2D eigenvalue weighted by Crippen LogP contribution is 2.22. The fraction of sp³-hybridized carbons (Fsp3) is 0.250. The molecule has 0 N–H and O–H groups in total. The van der Waals surface area contributed by atoms with Crippen molar-refractivity contribution in [1.82, 2.24) is 9.88 Å². The van der Waals surface area contributed by atoms with Crippen LogP contribution >= 0.6 is 11.6 Å². The molecule has 0 saturated carbocycles. The van der Waals surface area contributed by atoms with Crippen LogP contribution in [0.1, 0.15) is 5.56 Å². The summed E-state index contributed by atoms with van der Waals surface area (Å²) in [6.45, 7) is 0.586. The Bertz CT molecular complexity index is 787. The molecular formula is C16H13ClF3N3O. The Kier molecular flexibility index (Phi) is 4.62. The van der Waals surface area contributed by atoms with Gasteiger partial charge < -0.3 is 9.80 Å². The van der Waals surface area contributed by atoms with Crippen LogP contribution in [0.5, 0.6) is 0 Å². The topological polar surface area (TPSA) is 36.4 Å². The molecule has 0 radical (unpaired) electrons. The number of carbonyl (C=O) groups is 1. The van der Waals surface area contributed by atoms with Crippen LogP contribution in [-0.4, -0.2) is 35.4 Å². The summed E-state index contributed by atoms with van der Waals surface area (Å²) >= 11 is 5.67. The minimum atomic E-state index is -0.698. The summed E-state index contributed by atoms with van der Waals surface area (Å²) in [5.74, 6) is -2.21. The molecular weight excluding hydrogens is 343 g/mol. The van der Waals surface area contributed by atoms with E-state index < -0.39 is 17.5 Å². The van der Waals surface area contributed by atoms with Gasteiger partial charge in [-0.05, 0) is 12.1 Å². The lowest BCUT2D eigenvalue weighted by Gasteiger charge is -2.35. The predicted molar refractivity (Wildman–Crippen MR) is 83.2 cm³/mol. The predicted octanol–water partition coefficient (Wildman–Crippen LogP) is 3.00. The monoisotopic (exact) mass is 355 g/mol. The zero-order chi connectivity index (χ0) is 17.3. The molecule has 1 aliphatic rings. The van der Waals surface area contributed by atoms with E-state index in [0.29, 0.717) is 6.54 Å². The third-order valence-electron chi connectivity index (χ3n) is 3.78. The van der Waals surface area contributed by atoms with Gasteiger partial charge in [-0.3, -0.25) is 4.79 Å². The SMILES string of the molecule is O=C1CN(c2ncc(Cl)cc2F)CCN1Cc1ccc(F)cc1F. The van der Waals surface area contributed by atoms with Gasteiger partial charge in [0.25, 0.3) is 0 Å². The number of anilines is 1. The van der Waals surface area contributed by atoms with E-state index in [1.807, 2.05) is 0 Å². The minimum absolute atomic E-state index is 0.0370. The quantitative estimate of drug-likeness (QED) is 0.849. The molecule has 0 atom stereocenters. The molecule has 1 fully saturated rings. The second-order valence-corrected chi connectivity index (χ2v) is 5.87. The fourth-order valence-electron chi connectivity index (χ4n) is 2.55. The molecule has 24 heavy (non-hydrogen) atoms. The van der Waals surface area contributed by atoms with Crippen molar-refractivity contribution in [2.24, 2.45) is 0 Å². The van der Waals surface area contributed by atoms with Crippen LogP contribution in [0.15, 0.2) is 30.5 Å². The lowest BCUT2D eigenvalue weighted by Crippen LogP contribution is -2.50. The summed E-state index contributed by atoms with van der Waals surface area (Å²) in [5.41, 5.74) is 0.231. The number of hydrogen-bond donors (Lipinski definition) is 0. The number of benzene rings is 1. The summed E-state index contributed by atoms with van der Waals surface area (Å²) in [6.07, 6.45) is 1.31. The number of piperazine rings is 1. The molecule has 0 aliphatic carbocycles. The van der Waals surface area contributed by atoms with Crippen molar-refractivity contribution in [3.63, 3.8) is 0 Å². The maximum Gasteiger partial charge on any atom is 0.242 e. The van der Waals surface area contributed by atoms with Gasteiger partial charge in [0.15, 0.2) is 11.6 Å². The normalized spacial score (nSPS) is 15.1. The fourth-order valence-corrected chi connectivity index (χ4v) is 2.70. The number of hydrogen-bond acceptors (Lipinski definition) is 3. The third kappa shape index (κ3) is 3.46. The number of halogens is 4. The van der Waals surface area contributed by atoms with Crippen LogP contribution in [0.4, 0.5) is 19.0 Å². The van der Waals surface area contributed by atoms with Gasteiger partial charge in [0.1, 0.15) is 11.6 Å². The molecule has 0 spiro atoms. The van der Waals surface area contributed by atoms with E-state index in [4.69, 9.17) is 11.6 Å². The molecule has 0 bridgehead atoms. The zero-order valence-corrected chi connectivity index (χ0v) is 13.2. The van der Waals surface area contributed by atoms with Gasteiger partial charge in [-0.1, -0.05) is 17.7 Å². The molecule has 8 heteroatoms. The van der Waals surface area contributed by atoms with E-state index in [1.165, 1.54) is 22.1 Å². The van der Waals surface area contributed by atoms with E-state index >= 15 is 0 Å². The highest BCUT2D eigenvalue weighted by molar-refractivity contribution is 6.30. The summed E-state index contributed by atoms with van der Waals surface area (Å²) in [7, 11) is 0. The van der Waals surface area contributed by atoms with Gasteiger partial charge in [0.05, 0.1) is 11.6 Å². The van der Waals surface area contributed by atoms with Crippen LogP contribution in [-0.2, 0) is 11.3 Å². The maximum atomic E-state index is 13.9. The second kappa shape index (κ2) is 6.68. The Morgan fingerprint density at radius 2 is 1.92 bits per heavy atom. The van der Waals surface area contributed by atoms with Crippen molar-refractivity contribution >= 4 is 23.3 Å². The van der Waals surface area contributed by atoms with E-state index in [9.17, 15) is 18.0 Å². The number of carbonyl (C=O) groups excluding carboxylic acids is 1. The lowest BCUT2D eigenvalue weighted by molar-refractivity contribution is -0.131. The van der Waals surface area contributed by atoms with Crippen LogP contribution in [0, 0.1) is 17.5 Å². The van der Waals surface area contributed by atoms with Crippen molar-refractivity contribution in [3.05, 3.63) is 58.5 Å². The first-order valence-corrected chi connectivity index (χ1v) is 7.59. The minimum Gasteiger partial charge on any atom is -0.343 e. The van der Waals surface area contributed by atoms with Crippen molar-refractivity contribution in [2.45, 2.75) is 6.54 Å². The highest BCUT2D eigenvalue weighted by Gasteiger charge is 2.27. The Morgan fingerprint density at radius 1 is 1.12 bits per heavy atom.